The van der Waals surface area contributed by atoms with Gasteiger partial charge in [-0.2, -0.15) is 0 Å². The molecule has 2 aromatic rings. The van der Waals surface area contributed by atoms with Crippen LogP contribution in [0.3, 0.4) is 0 Å². The summed E-state index contributed by atoms with van der Waals surface area (Å²) >= 11 is 0. The maximum atomic E-state index is 13.9. The summed E-state index contributed by atoms with van der Waals surface area (Å²) in [6, 6.07) is 14.9. The molecule has 2 atom stereocenters. The zero-order valence-corrected chi connectivity index (χ0v) is 39.9. The van der Waals surface area contributed by atoms with Crippen LogP contribution in [-0.2, 0) is 50.8 Å². The van der Waals surface area contributed by atoms with Gasteiger partial charge < -0.3 is 37.6 Å². The molecule has 0 N–H and O–H groups in total. The molecule has 0 saturated carbocycles. The number of nitrogens with zero attached hydrogens (tertiary/aromatic N) is 2. The number of ether oxygens (including phenoxy) is 7. The van der Waals surface area contributed by atoms with E-state index in [4.69, 9.17) is 37.6 Å². The second-order valence-electron chi connectivity index (χ2n) is 18.5. The molecule has 0 amide bonds. The van der Waals surface area contributed by atoms with Crippen molar-refractivity contribution in [2.45, 2.75) is 150 Å². The van der Waals surface area contributed by atoms with E-state index in [1.165, 1.54) is 0 Å². The normalized spacial score (nSPS) is 13.7. The Morgan fingerprint density at radius 2 is 1.12 bits per heavy atom. The van der Waals surface area contributed by atoms with Crippen LogP contribution in [0, 0.1) is 0 Å². The number of para-hydroxylation sites is 2. The fourth-order valence-electron chi connectivity index (χ4n) is 6.11. The van der Waals surface area contributed by atoms with E-state index < -0.39 is 25.6 Å². The first kappa shape index (κ1) is 52.1. The summed E-state index contributed by atoms with van der Waals surface area (Å²) in [4.78, 5) is 32.0. The fourth-order valence-corrected chi connectivity index (χ4v) is 7.13. The molecule has 0 radical (unpaired) electrons. The van der Waals surface area contributed by atoms with Gasteiger partial charge in [-0.3, -0.25) is 19.4 Å². The molecule has 12 nitrogen and oxygen atoms in total. The van der Waals surface area contributed by atoms with E-state index in [0.717, 1.165) is 24.0 Å². The van der Waals surface area contributed by atoms with E-state index in [9.17, 15) is 9.59 Å². The van der Waals surface area contributed by atoms with Gasteiger partial charge in [-0.1, -0.05) is 77.4 Å². The zero-order valence-electron chi connectivity index (χ0n) is 38.9. The zero-order chi connectivity index (χ0) is 44.3. The molecule has 0 fully saturated rings. The van der Waals surface area contributed by atoms with Crippen LogP contribution in [0.1, 0.15) is 107 Å². The van der Waals surface area contributed by atoms with E-state index in [0.29, 0.717) is 57.4 Å². The lowest BCUT2D eigenvalue weighted by Crippen LogP contribution is -2.57. The number of carbonyl (C=O) groups excluding carboxylic acids is 2. The lowest BCUT2D eigenvalue weighted by atomic mass is 9.99. The highest BCUT2D eigenvalue weighted by molar-refractivity contribution is 6.74. The number of rotatable bonds is 27. The number of methoxy groups -OCH3 is 1. The minimum Gasteiger partial charge on any atom is -0.467 e. The molecule has 13 heteroatoms. The van der Waals surface area contributed by atoms with Gasteiger partial charge in [-0.15, -0.1) is 0 Å². The molecule has 336 valence electrons. The summed E-state index contributed by atoms with van der Waals surface area (Å²) in [7, 11) is -0.701. The summed E-state index contributed by atoms with van der Waals surface area (Å²) in [5.74, 6) is 0.583. The molecule has 0 aliphatic heterocycles. The highest BCUT2D eigenvalue weighted by atomic mass is 28.4. The maximum Gasteiger partial charge on any atom is 0.320 e. The van der Waals surface area contributed by atoms with E-state index in [1.807, 2.05) is 90.1 Å². The van der Waals surface area contributed by atoms with Crippen molar-refractivity contribution in [3.63, 3.8) is 0 Å². The van der Waals surface area contributed by atoms with Gasteiger partial charge >= 0.3 is 11.9 Å². The molecule has 0 bridgehead atoms. The Morgan fingerprint density at radius 1 is 0.661 bits per heavy atom. The first-order chi connectivity index (χ1) is 27.6. The minimum atomic E-state index is -2.33. The molecule has 0 aliphatic carbocycles. The predicted octanol–water partition coefficient (Wildman–Crippen LogP) is 9.00. The lowest BCUT2D eigenvalue weighted by molar-refractivity contribution is -0.160. The third-order valence-corrected chi connectivity index (χ3v) is 14.6. The Hall–Kier alpha value is -3.04. The van der Waals surface area contributed by atoms with E-state index in [-0.39, 0.29) is 49.7 Å². The molecule has 2 aromatic carbocycles. The largest absolute Gasteiger partial charge is 0.467 e. The number of hydrogen-bond donors (Lipinski definition) is 0. The topological polar surface area (TPSA) is 114 Å². The van der Waals surface area contributed by atoms with Crippen molar-refractivity contribution in [3.8, 4) is 11.5 Å². The van der Waals surface area contributed by atoms with Gasteiger partial charge in [0, 0.05) is 43.4 Å². The lowest BCUT2D eigenvalue weighted by Gasteiger charge is -2.44. The van der Waals surface area contributed by atoms with Crippen molar-refractivity contribution < 1.29 is 47.2 Å². The highest BCUT2D eigenvalue weighted by Crippen LogP contribution is 2.37. The van der Waals surface area contributed by atoms with Gasteiger partial charge in [-0.25, -0.2) is 0 Å². The molecule has 59 heavy (non-hydrogen) atoms. The van der Waals surface area contributed by atoms with Gasteiger partial charge in [-0.05, 0) is 84.6 Å². The van der Waals surface area contributed by atoms with Gasteiger partial charge in [0.25, 0.3) is 0 Å². The van der Waals surface area contributed by atoms with Gasteiger partial charge in [0.05, 0.1) is 39.5 Å². The second-order valence-corrected chi connectivity index (χ2v) is 23.3. The number of unbranched alkanes of at least 4 members (excludes halogenated alkanes) is 1. The Balaban J connectivity index is 2.78. The first-order valence-electron chi connectivity index (χ1n) is 21.2. The Labute approximate surface area is 357 Å². The summed E-state index contributed by atoms with van der Waals surface area (Å²) < 4.78 is 47.9. The molecule has 0 aromatic heterocycles. The monoisotopic (exact) mass is 847 g/mol. The summed E-state index contributed by atoms with van der Waals surface area (Å²) in [6.45, 7) is 29.1. The molecule has 0 unspecified atom stereocenters. The van der Waals surface area contributed by atoms with Gasteiger partial charge in [0.2, 0.25) is 0 Å². The van der Waals surface area contributed by atoms with Crippen molar-refractivity contribution in [2.75, 3.05) is 60.2 Å². The average Bonchev–Trinajstić information content (AvgIpc) is 3.12. The van der Waals surface area contributed by atoms with Crippen molar-refractivity contribution in [1.82, 2.24) is 9.80 Å². The van der Waals surface area contributed by atoms with Crippen LogP contribution in [0.5, 0.6) is 11.5 Å². The number of hydrogen-bond acceptors (Lipinski definition) is 12. The van der Waals surface area contributed by atoms with Crippen molar-refractivity contribution in [3.05, 3.63) is 59.7 Å². The summed E-state index contributed by atoms with van der Waals surface area (Å²) in [6.07, 6.45) is 2.59. The van der Waals surface area contributed by atoms with Crippen LogP contribution >= 0.6 is 0 Å². The number of benzene rings is 2. The smallest absolute Gasteiger partial charge is 0.320 e. The van der Waals surface area contributed by atoms with Crippen LogP contribution in [0.2, 0.25) is 18.1 Å². The summed E-state index contributed by atoms with van der Waals surface area (Å²) in [5.41, 5.74) is 0.363. The number of carbonyl (C=O) groups is 2. The predicted molar refractivity (Wildman–Crippen MR) is 236 cm³/mol. The Kier molecular flexibility index (Phi) is 22.1. The number of esters is 2. The Morgan fingerprint density at radius 3 is 1.54 bits per heavy atom. The maximum absolute atomic E-state index is 13.9. The molecular formula is C46H78N2O10Si. The van der Waals surface area contributed by atoms with Crippen LogP contribution in [0.4, 0.5) is 0 Å². The fraction of sp³-hybridized carbons (Fsp3) is 0.696. The average molecular weight is 847 g/mol. The second kappa shape index (κ2) is 25.0. The SMILES string of the molecule is CCCCOCOc1ccccc1CN(CC(=O)OC(C)(C)C)[C@@H](CO[Si](C)(C)C(C)(C)C)[C@H](CC)N(CC(=O)OC(C)(C)C)Cc1ccccc1OCOCCOC. The van der Waals surface area contributed by atoms with Crippen LogP contribution < -0.4 is 9.47 Å². The van der Waals surface area contributed by atoms with E-state index >= 15 is 0 Å². The van der Waals surface area contributed by atoms with Crippen molar-refractivity contribution in [2.24, 2.45) is 0 Å². The van der Waals surface area contributed by atoms with Crippen LogP contribution in [0.25, 0.3) is 0 Å². The molecule has 0 heterocycles. The van der Waals surface area contributed by atoms with Crippen LogP contribution in [-0.4, -0.2) is 114 Å². The third-order valence-electron chi connectivity index (χ3n) is 10.1. The van der Waals surface area contributed by atoms with E-state index in [1.54, 1.807) is 7.11 Å². The van der Waals surface area contributed by atoms with E-state index in [2.05, 4.69) is 57.5 Å². The molecule has 2 rings (SSSR count). The van der Waals surface area contributed by atoms with Crippen molar-refractivity contribution in [1.29, 1.82) is 0 Å². The molecule has 0 spiro atoms. The quantitative estimate of drug-likeness (QED) is 0.0370. The molecule has 0 saturated heterocycles. The highest BCUT2D eigenvalue weighted by Gasteiger charge is 2.41. The van der Waals surface area contributed by atoms with Crippen molar-refractivity contribution >= 4 is 20.3 Å². The van der Waals surface area contributed by atoms with Crippen LogP contribution in [0.15, 0.2) is 48.5 Å². The first-order valence-corrected chi connectivity index (χ1v) is 24.1. The summed E-state index contributed by atoms with van der Waals surface area (Å²) in [5, 5.41) is -0.0781. The minimum absolute atomic E-state index is 0.0138. The molecule has 0 aliphatic rings. The third kappa shape index (κ3) is 19.9. The molecular weight excluding hydrogens is 769 g/mol. The van der Waals surface area contributed by atoms with Gasteiger partial charge in [0.15, 0.2) is 21.9 Å². The Bertz CT molecular complexity index is 1520. The standard InChI is InChI=1S/C46H78N2O10Si/c1-15-17-26-52-34-54-41-25-21-19-23-37(41)30-48(32-43(50)58-45(6,7)8)39(33-56-59(13,14)46(9,10)11)38(16-2)47(31-42(49)57-44(3,4)5)29-36-22-18-20-24-40(36)55-35-53-28-27-51-12/h18-25,38-39H,15-17,26-35H2,1-14H3/t38-,39-/m0/s1. The van der Waals surface area contributed by atoms with Gasteiger partial charge in [0.1, 0.15) is 22.7 Å².